The third kappa shape index (κ3) is 3.55. The summed E-state index contributed by atoms with van der Waals surface area (Å²) >= 11 is 5.90. The molecule has 1 amide bonds. The Kier molecular flexibility index (Phi) is 4.68. The molecule has 20 heavy (non-hydrogen) atoms. The zero-order valence-corrected chi connectivity index (χ0v) is 11.5. The Morgan fingerprint density at radius 2 is 2.10 bits per heavy atom. The zero-order chi connectivity index (χ0) is 14.4. The predicted octanol–water partition coefficient (Wildman–Crippen LogP) is 2.51. The number of nitrogens with zero attached hydrogens (tertiary/aromatic N) is 2. The van der Waals surface area contributed by atoms with E-state index in [1.54, 1.807) is 49.8 Å². The highest BCUT2D eigenvalue weighted by atomic mass is 35.5. The van der Waals surface area contributed by atoms with Crippen molar-refractivity contribution in [3.8, 4) is 5.75 Å². The van der Waals surface area contributed by atoms with Crippen molar-refractivity contribution in [2.24, 2.45) is 5.10 Å². The molecule has 0 unspecified atom stereocenters. The Hall–Kier alpha value is -2.40. The first-order valence-electron chi connectivity index (χ1n) is 5.77. The number of methoxy groups -OCH3 is 1. The van der Waals surface area contributed by atoms with Gasteiger partial charge >= 0.3 is 0 Å². The molecule has 0 atom stereocenters. The highest BCUT2D eigenvalue weighted by molar-refractivity contribution is 6.30. The molecule has 0 aliphatic rings. The standard InChI is InChI=1S/C14H12ClN3O2/c1-20-13-3-2-12(15)8-11(13)9-17-18-14(19)10-4-6-16-7-5-10/h2-9H,1H3,(H,18,19). The van der Waals surface area contributed by atoms with Crippen molar-refractivity contribution < 1.29 is 9.53 Å². The number of carbonyl (C=O) groups excluding carboxylic acids is 1. The van der Waals surface area contributed by atoms with E-state index < -0.39 is 0 Å². The van der Waals surface area contributed by atoms with Gasteiger partial charge in [-0.25, -0.2) is 5.43 Å². The minimum atomic E-state index is -0.315. The fourth-order valence-corrected chi connectivity index (χ4v) is 1.71. The molecule has 1 heterocycles. The van der Waals surface area contributed by atoms with Crippen molar-refractivity contribution in [2.45, 2.75) is 0 Å². The summed E-state index contributed by atoms with van der Waals surface area (Å²) in [4.78, 5) is 15.6. The van der Waals surface area contributed by atoms with Crippen molar-refractivity contribution >= 4 is 23.7 Å². The average molecular weight is 290 g/mol. The molecular weight excluding hydrogens is 278 g/mol. The van der Waals surface area contributed by atoms with Crippen LogP contribution >= 0.6 is 11.6 Å². The summed E-state index contributed by atoms with van der Waals surface area (Å²) in [5.41, 5.74) is 3.58. The van der Waals surface area contributed by atoms with Crippen molar-refractivity contribution in [2.75, 3.05) is 7.11 Å². The summed E-state index contributed by atoms with van der Waals surface area (Å²) in [7, 11) is 1.55. The molecule has 2 rings (SSSR count). The summed E-state index contributed by atoms with van der Waals surface area (Å²) < 4.78 is 5.17. The van der Waals surface area contributed by atoms with Gasteiger partial charge in [-0.3, -0.25) is 9.78 Å². The van der Waals surface area contributed by atoms with Crippen molar-refractivity contribution in [3.05, 3.63) is 58.9 Å². The largest absolute Gasteiger partial charge is 0.496 e. The molecule has 6 heteroatoms. The molecular formula is C14H12ClN3O2. The lowest BCUT2D eigenvalue weighted by molar-refractivity contribution is 0.0955. The van der Waals surface area contributed by atoms with Gasteiger partial charge in [0.15, 0.2) is 0 Å². The Labute approximate surface area is 121 Å². The number of rotatable bonds is 4. The normalized spacial score (nSPS) is 10.5. The van der Waals surface area contributed by atoms with Gasteiger partial charge < -0.3 is 4.74 Å². The van der Waals surface area contributed by atoms with E-state index in [1.165, 1.54) is 6.21 Å². The maximum absolute atomic E-state index is 11.7. The van der Waals surface area contributed by atoms with Gasteiger partial charge in [0.2, 0.25) is 0 Å². The van der Waals surface area contributed by atoms with Gasteiger partial charge in [-0.05, 0) is 30.3 Å². The highest BCUT2D eigenvalue weighted by Gasteiger charge is 2.03. The lowest BCUT2D eigenvalue weighted by Crippen LogP contribution is -2.17. The summed E-state index contributed by atoms with van der Waals surface area (Å²) in [6, 6.07) is 8.35. The first-order chi connectivity index (χ1) is 9.70. The van der Waals surface area contributed by atoms with Crippen LogP contribution in [0.15, 0.2) is 47.8 Å². The monoisotopic (exact) mass is 289 g/mol. The first-order valence-corrected chi connectivity index (χ1v) is 6.15. The molecule has 0 aliphatic carbocycles. The molecule has 0 saturated heterocycles. The smallest absolute Gasteiger partial charge is 0.271 e. The lowest BCUT2D eigenvalue weighted by atomic mass is 10.2. The van der Waals surface area contributed by atoms with Gasteiger partial charge in [0.25, 0.3) is 5.91 Å². The van der Waals surface area contributed by atoms with E-state index in [4.69, 9.17) is 16.3 Å². The predicted molar refractivity (Wildman–Crippen MR) is 77.3 cm³/mol. The van der Waals surface area contributed by atoms with Gasteiger partial charge in [0.05, 0.1) is 13.3 Å². The van der Waals surface area contributed by atoms with Crippen LogP contribution in [0.3, 0.4) is 0 Å². The molecule has 0 saturated carbocycles. The number of aromatic nitrogens is 1. The number of nitrogens with one attached hydrogen (secondary N) is 1. The molecule has 0 aliphatic heterocycles. The van der Waals surface area contributed by atoms with E-state index in [-0.39, 0.29) is 5.91 Å². The van der Waals surface area contributed by atoms with E-state index >= 15 is 0 Å². The van der Waals surface area contributed by atoms with Gasteiger partial charge in [0.1, 0.15) is 5.75 Å². The fourth-order valence-electron chi connectivity index (χ4n) is 1.53. The zero-order valence-electron chi connectivity index (χ0n) is 10.7. The average Bonchev–Trinajstić information content (AvgIpc) is 2.48. The second-order valence-corrected chi connectivity index (χ2v) is 4.26. The third-order valence-electron chi connectivity index (χ3n) is 2.50. The van der Waals surface area contributed by atoms with Crippen LogP contribution in [0.5, 0.6) is 5.75 Å². The lowest BCUT2D eigenvalue weighted by Gasteiger charge is -2.04. The number of pyridine rings is 1. The third-order valence-corrected chi connectivity index (χ3v) is 2.74. The van der Waals surface area contributed by atoms with E-state index in [9.17, 15) is 4.79 Å². The van der Waals surface area contributed by atoms with Crippen LogP contribution in [0.2, 0.25) is 5.02 Å². The number of hydrogen-bond donors (Lipinski definition) is 1. The highest BCUT2D eigenvalue weighted by Crippen LogP contribution is 2.20. The Bertz CT molecular complexity index is 630. The van der Waals surface area contributed by atoms with Gasteiger partial charge in [-0.1, -0.05) is 11.6 Å². The molecule has 0 spiro atoms. The Morgan fingerprint density at radius 1 is 1.35 bits per heavy atom. The maximum Gasteiger partial charge on any atom is 0.271 e. The van der Waals surface area contributed by atoms with Crippen LogP contribution in [0, 0.1) is 0 Å². The van der Waals surface area contributed by atoms with Crippen molar-refractivity contribution in [1.29, 1.82) is 0 Å². The minimum Gasteiger partial charge on any atom is -0.496 e. The summed E-state index contributed by atoms with van der Waals surface area (Å²) in [5.74, 6) is 0.306. The second kappa shape index (κ2) is 6.68. The SMILES string of the molecule is COc1ccc(Cl)cc1C=NNC(=O)c1ccncc1. The first kappa shape index (κ1) is 14.0. The maximum atomic E-state index is 11.7. The fraction of sp³-hybridized carbons (Fsp3) is 0.0714. The van der Waals surface area contributed by atoms with Gasteiger partial charge in [-0.15, -0.1) is 0 Å². The number of hydrogen-bond acceptors (Lipinski definition) is 4. The molecule has 0 radical (unpaired) electrons. The molecule has 0 fully saturated rings. The number of halogens is 1. The van der Waals surface area contributed by atoms with Crippen LogP contribution < -0.4 is 10.2 Å². The van der Waals surface area contributed by atoms with Crippen LogP contribution in [-0.4, -0.2) is 24.2 Å². The minimum absolute atomic E-state index is 0.315. The van der Waals surface area contributed by atoms with E-state index in [0.29, 0.717) is 21.9 Å². The Balaban J connectivity index is 2.07. The summed E-state index contributed by atoms with van der Waals surface area (Å²) in [6.45, 7) is 0. The summed E-state index contributed by atoms with van der Waals surface area (Å²) in [6.07, 6.45) is 4.56. The topological polar surface area (TPSA) is 63.6 Å². The van der Waals surface area contributed by atoms with Crippen LogP contribution in [0.4, 0.5) is 0 Å². The molecule has 1 N–H and O–H groups in total. The quantitative estimate of drug-likeness (QED) is 0.695. The van der Waals surface area contributed by atoms with Gasteiger partial charge in [-0.2, -0.15) is 5.10 Å². The molecule has 1 aromatic heterocycles. The number of carbonyl (C=O) groups is 1. The Morgan fingerprint density at radius 3 is 2.80 bits per heavy atom. The number of ether oxygens (including phenoxy) is 1. The van der Waals surface area contributed by atoms with Crippen LogP contribution in [0.25, 0.3) is 0 Å². The van der Waals surface area contributed by atoms with Crippen molar-refractivity contribution in [3.63, 3.8) is 0 Å². The van der Waals surface area contributed by atoms with Crippen LogP contribution in [0.1, 0.15) is 15.9 Å². The molecule has 5 nitrogen and oxygen atoms in total. The molecule has 2 aromatic rings. The number of benzene rings is 1. The van der Waals surface area contributed by atoms with E-state index in [0.717, 1.165) is 0 Å². The van der Waals surface area contributed by atoms with Crippen LogP contribution in [-0.2, 0) is 0 Å². The van der Waals surface area contributed by atoms with Gasteiger partial charge in [0, 0.05) is 28.5 Å². The number of amides is 1. The molecule has 102 valence electrons. The molecule has 0 bridgehead atoms. The number of hydrazone groups is 1. The molecule has 1 aromatic carbocycles. The van der Waals surface area contributed by atoms with E-state index in [2.05, 4.69) is 15.5 Å². The van der Waals surface area contributed by atoms with E-state index in [1.807, 2.05) is 0 Å². The second-order valence-electron chi connectivity index (χ2n) is 3.82. The summed E-state index contributed by atoms with van der Waals surface area (Å²) in [5, 5.41) is 4.45. The van der Waals surface area contributed by atoms with Crippen molar-refractivity contribution in [1.82, 2.24) is 10.4 Å².